The van der Waals surface area contributed by atoms with Crippen LogP contribution >= 0.6 is 11.6 Å². The highest BCUT2D eigenvalue weighted by atomic mass is 35.5. The summed E-state index contributed by atoms with van der Waals surface area (Å²) in [5.41, 5.74) is 6.43. The standard InChI is InChI=1S/C14H20ClN3O/c1-3-14(2)4-6-18(7-5-14)13(19)10-8-12(16)17-9-11(10)15/h8-9H,3-7H2,1-2H3,(H2,16,17). The molecule has 1 aromatic rings. The molecule has 4 nitrogen and oxygen atoms in total. The van der Waals surface area contributed by atoms with Crippen molar-refractivity contribution < 1.29 is 4.79 Å². The zero-order chi connectivity index (χ0) is 14.0. The number of amides is 1. The van der Waals surface area contributed by atoms with Crippen LogP contribution in [-0.4, -0.2) is 28.9 Å². The Balaban J connectivity index is 2.11. The Morgan fingerprint density at radius 1 is 1.53 bits per heavy atom. The third-order valence-corrected chi connectivity index (χ3v) is 4.52. The third-order valence-electron chi connectivity index (χ3n) is 4.22. The van der Waals surface area contributed by atoms with Crippen LogP contribution in [0.4, 0.5) is 5.82 Å². The zero-order valence-corrected chi connectivity index (χ0v) is 12.2. The van der Waals surface area contributed by atoms with Crippen molar-refractivity contribution >= 4 is 23.3 Å². The molecule has 1 aromatic heterocycles. The summed E-state index contributed by atoms with van der Waals surface area (Å²) in [6.45, 7) is 6.05. The van der Waals surface area contributed by atoms with Crippen LogP contribution in [0.25, 0.3) is 0 Å². The van der Waals surface area contributed by atoms with Gasteiger partial charge in [-0.1, -0.05) is 31.9 Å². The Bertz CT molecular complexity index is 482. The van der Waals surface area contributed by atoms with E-state index in [4.69, 9.17) is 17.3 Å². The van der Waals surface area contributed by atoms with E-state index in [1.165, 1.54) is 6.20 Å². The number of anilines is 1. The van der Waals surface area contributed by atoms with E-state index >= 15 is 0 Å². The Hall–Kier alpha value is -1.29. The minimum Gasteiger partial charge on any atom is -0.384 e. The van der Waals surface area contributed by atoms with Gasteiger partial charge >= 0.3 is 0 Å². The number of nitrogen functional groups attached to an aromatic ring is 1. The number of hydrogen-bond donors (Lipinski definition) is 1. The number of piperidine rings is 1. The maximum Gasteiger partial charge on any atom is 0.255 e. The van der Waals surface area contributed by atoms with Crippen LogP contribution in [0.5, 0.6) is 0 Å². The first-order valence-corrected chi connectivity index (χ1v) is 7.03. The maximum absolute atomic E-state index is 12.4. The van der Waals surface area contributed by atoms with Crippen LogP contribution in [0.15, 0.2) is 12.3 Å². The van der Waals surface area contributed by atoms with Crippen LogP contribution in [-0.2, 0) is 0 Å². The van der Waals surface area contributed by atoms with Crippen molar-refractivity contribution in [2.45, 2.75) is 33.1 Å². The van der Waals surface area contributed by atoms with E-state index in [0.29, 0.717) is 21.8 Å². The quantitative estimate of drug-likeness (QED) is 0.907. The van der Waals surface area contributed by atoms with E-state index in [2.05, 4.69) is 18.8 Å². The molecule has 104 valence electrons. The van der Waals surface area contributed by atoms with E-state index in [1.807, 2.05) is 4.90 Å². The van der Waals surface area contributed by atoms with Crippen molar-refractivity contribution in [3.63, 3.8) is 0 Å². The van der Waals surface area contributed by atoms with Gasteiger partial charge in [0.15, 0.2) is 0 Å². The molecule has 1 amide bonds. The molecule has 0 bridgehead atoms. The summed E-state index contributed by atoms with van der Waals surface area (Å²) in [5.74, 6) is 0.278. The summed E-state index contributed by atoms with van der Waals surface area (Å²) in [5, 5.41) is 0.364. The van der Waals surface area contributed by atoms with Crippen molar-refractivity contribution in [3.05, 3.63) is 22.8 Å². The molecule has 0 atom stereocenters. The number of rotatable bonds is 2. The van der Waals surface area contributed by atoms with Gasteiger partial charge in [0, 0.05) is 19.3 Å². The molecule has 0 unspecified atom stereocenters. The number of carbonyl (C=O) groups is 1. The molecule has 19 heavy (non-hydrogen) atoms. The summed E-state index contributed by atoms with van der Waals surface area (Å²) in [6, 6.07) is 1.55. The largest absolute Gasteiger partial charge is 0.384 e. The second kappa shape index (κ2) is 5.37. The fourth-order valence-corrected chi connectivity index (χ4v) is 2.58. The number of carbonyl (C=O) groups excluding carboxylic acids is 1. The molecule has 0 aromatic carbocycles. The van der Waals surface area contributed by atoms with E-state index in [0.717, 1.165) is 32.4 Å². The van der Waals surface area contributed by atoms with Gasteiger partial charge in [-0.15, -0.1) is 0 Å². The molecule has 2 N–H and O–H groups in total. The fourth-order valence-electron chi connectivity index (χ4n) is 2.39. The van der Waals surface area contributed by atoms with E-state index in [1.54, 1.807) is 6.07 Å². The zero-order valence-electron chi connectivity index (χ0n) is 11.4. The normalized spacial score (nSPS) is 18.4. The molecule has 1 aliphatic heterocycles. The fraction of sp³-hybridized carbons (Fsp3) is 0.571. The lowest BCUT2D eigenvalue weighted by Crippen LogP contribution is -2.42. The molecule has 0 aliphatic carbocycles. The molecule has 0 saturated carbocycles. The molecular formula is C14H20ClN3O. The summed E-state index contributed by atoms with van der Waals surface area (Å²) in [6.07, 6.45) is 4.66. The Morgan fingerprint density at radius 3 is 2.74 bits per heavy atom. The first kappa shape index (κ1) is 14.1. The van der Waals surface area contributed by atoms with Gasteiger partial charge in [-0.3, -0.25) is 4.79 Å². The van der Waals surface area contributed by atoms with Gasteiger partial charge in [0.2, 0.25) is 0 Å². The monoisotopic (exact) mass is 281 g/mol. The van der Waals surface area contributed by atoms with Gasteiger partial charge in [0.1, 0.15) is 5.82 Å². The minimum atomic E-state index is -0.0442. The highest BCUT2D eigenvalue weighted by Gasteiger charge is 2.31. The van der Waals surface area contributed by atoms with Gasteiger partial charge in [-0.25, -0.2) is 4.98 Å². The predicted molar refractivity (Wildman–Crippen MR) is 77.2 cm³/mol. The van der Waals surface area contributed by atoms with Crippen molar-refractivity contribution in [1.29, 1.82) is 0 Å². The van der Waals surface area contributed by atoms with Crippen LogP contribution in [0.3, 0.4) is 0 Å². The average Bonchev–Trinajstić information content (AvgIpc) is 2.42. The van der Waals surface area contributed by atoms with Gasteiger partial charge in [0.05, 0.1) is 10.6 Å². The Kier molecular flexibility index (Phi) is 3.99. The average molecular weight is 282 g/mol. The van der Waals surface area contributed by atoms with Crippen molar-refractivity contribution in [2.24, 2.45) is 5.41 Å². The molecule has 0 radical (unpaired) electrons. The first-order valence-electron chi connectivity index (χ1n) is 6.65. The van der Waals surface area contributed by atoms with Crippen molar-refractivity contribution in [2.75, 3.05) is 18.8 Å². The van der Waals surface area contributed by atoms with Crippen LogP contribution in [0, 0.1) is 5.41 Å². The second-order valence-corrected chi connectivity index (χ2v) is 5.95. The topological polar surface area (TPSA) is 59.2 Å². The smallest absolute Gasteiger partial charge is 0.255 e. The lowest BCUT2D eigenvalue weighted by atomic mass is 9.78. The number of hydrogen-bond acceptors (Lipinski definition) is 3. The number of halogens is 1. The maximum atomic E-state index is 12.4. The Morgan fingerprint density at radius 2 is 2.16 bits per heavy atom. The lowest BCUT2D eigenvalue weighted by molar-refractivity contribution is 0.0600. The Labute approximate surface area is 118 Å². The number of likely N-dealkylation sites (tertiary alicyclic amines) is 1. The number of pyridine rings is 1. The first-order chi connectivity index (χ1) is 8.95. The second-order valence-electron chi connectivity index (χ2n) is 5.55. The molecule has 5 heteroatoms. The summed E-state index contributed by atoms with van der Waals surface area (Å²) >= 11 is 6.03. The van der Waals surface area contributed by atoms with E-state index in [9.17, 15) is 4.79 Å². The highest BCUT2D eigenvalue weighted by molar-refractivity contribution is 6.33. The SMILES string of the molecule is CCC1(C)CCN(C(=O)c2cc(N)ncc2Cl)CC1. The number of nitrogens with zero attached hydrogens (tertiary/aromatic N) is 2. The summed E-state index contributed by atoms with van der Waals surface area (Å²) < 4.78 is 0. The summed E-state index contributed by atoms with van der Waals surface area (Å²) in [7, 11) is 0. The van der Waals surface area contributed by atoms with Crippen LogP contribution < -0.4 is 5.73 Å². The van der Waals surface area contributed by atoms with E-state index in [-0.39, 0.29) is 5.91 Å². The lowest BCUT2D eigenvalue weighted by Gasteiger charge is -2.39. The molecule has 1 fully saturated rings. The third kappa shape index (κ3) is 3.00. The van der Waals surface area contributed by atoms with Gasteiger partial charge in [-0.05, 0) is 24.3 Å². The highest BCUT2D eigenvalue weighted by Crippen LogP contribution is 2.34. The number of aromatic nitrogens is 1. The number of nitrogens with two attached hydrogens (primary N) is 1. The molecule has 2 heterocycles. The van der Waals surface area contributed by atoms with Gasteiger partial charge in [-0.2, -0.15) is 0 Å². The van der Waals surface area contributed by atoms with Crippen LogP contribution in [0.1, 0.15) is 43.5 Å². The molecule has 2 rings (SSSR count). The van der Waals surface area contributed by atoms with Crippen molar-refractivity contribution in [3.8, 4) is 0 Å². The molecule has 1 aliphatic rings. The predicted octanol–water partition coefficient (Wildman–Crippen LogP) is 2.97. The minimum absolute atomic E-state index is 0.0442. The summed E-state index contributed by atoms with van der Waals surface area (Å²) in [4.78, 5) is 18.2. The van der Waals surface area contributed by atoms with Crippen molar-refractivity contribution in [1.82, 2.24) is 9.88 Å². The van der Waals surface area contributed by atoms with Crippen LogP contribution in [0.2, 0.25) is 5.02 Å². The van der Waals surface area contributed by atoms with Gasteiger partial charge in [0.25, 0.3) is 5.91 Å². The molecule has 0 spiro atoms. The van der Waals surface area contributed by atoms with Gasteiger partial charge < -0.3 is 10.6 Å². The molecule has 1 saturated heterocycles. The van der Waals surface area contributed by atoms with E-state index < -0.39 is 0 Å². The molecular weight excluding hydrogens is 262 g/mol.